The van der Waals surface area contributed by atoms with Gasteiger partial charge in [-0.25, -0.2) is 0 Å². The number of fused-ring (bicyclic) bond motifs is 1. The normalized spacial score (nSPS) is 18.9. The topological polar surface area (TPSA) is 74.7 Å². The van der Waals surface area contributed by atoms with E-state index >= 15 is 0 Å². The molecule has 3 rings (SSSR count). The van der Waals surface area contributed by atoms with E-state index in [1.807, 2.05) is 23.5 Å². The van der Waals surface area contributed by atoms with Crippen molar-refractivity contribution >= 4 is 22.9 Å². The van der Waals surface area contributed by atoms with Crippen molar-refractivity contribution in [3.05, 3.63) is 45.9 Å². The van der Waals surface area contributed by atoms with E-state index in [0.29, 0.717) is 5.69 Å². The Hall–Kier alpha value is -2.08. The minimum atomic E-state index is 0.0453. The predicted octanol–water partition coefficient (Wildman–Crippen LogP) is 2.36. The summed E-state index contributed by atoms with van der Waals surface area (Å²) in [4.78, 5) is 7.95. The van der Waals surface area contributed by atoms with Crippen molar-refractivity contribution in [3.63, 3.8) is 0 Å². The Kier molecular flexibility index (Phi) is 3.31. The summed E-state index contributed by atoms with van der Waals surface area (Å²) >= 11 is 1.81. The van der Waals surface area contributed by atoms with Gasteiger partial charge in [-0.2, -0.15) is 0 Å². The van der Waals surface area contributed by atoms with E-state index in [-0.39, 0.29) is 11.9 Å². The van der Waals surface area contributed by atoms with Crippen LogP contribution in [0.1, 0.15) is 29.1 Å². The molecule has 6 heteroatoms. The van der Waals surface area contributed by atoms with Gasteiger partial charge in [0.05, 0.1) is 11.7 Å². The molecule has 0 spiro atoms. The zero-order chi connectivity index (χ0) is 14.1. The lowest BCUT2D eigenvalue weighted by molar-refractivity contribution is 0.318. The SMILES string of the molecule is CC1c2ccsc2CCN1c1cccnc1/C(N)=N/O. The van der Waals surface area contributed by atoms with Gasteiger partial charge in [0.25, 0.3) is 0 Å². The largest absolute Gasteiger partial charge is 0.409 e. The number of nitrogens with zero attached hydrogens (tertiary/aromatic N) is 3. The Morgan fingerprint density at radius 2 is 2.40 bits per heavy atom. The Morgan fingerprint density at radius 3 is 3.20 bits per heavy atom. The number of pyridine rings is 1. The third kappa shape index (κ3) is 2.02. The summed E-state index contributed by atoms with van der Waals surface area (Å²) in [5.74, 6) is 0.0453. The predicted molar refractivity (Wildman–Crippen MR) is 80.5 cm³/mol. The molecule has 0 radical (unpaired) electrons. The second-order valence-electron chi connectivity index (χ2n) is 4.77. The molecule has 20 heavy (non-hydrogen) atoms. The van der Waals surface area contributed by atoms with Crippen LogP contribution in [-0.2, 0) is 6.42 Å². The van der Waals surface area contributed by atoms with Crippen LogP contribution in [0.5, 0.6) is 0 Å². The van der Waals surface area contributed by atoms with Crippen LogP contribution >= 0.6 is 11.3 Å². The molecule has 1 atom stereocenters. The maximum atomic E-state index is 8.91. The molecule has 3 heterocycles. The van der Waals surface area contributed by atoms with Crippen LogP contribution in [0.4, 0.5) is 5.69 Å². The van der Waals surface area contributed by atoms with Crippen LogP contribution in [0.2, 0.25) is 0 Å². The number of nitrogens with two attached hydrogens (primary N) is 1. The molecule has 1 aliphatic rings. The zero-order valence-corrected chi connectivity index (χ0v) is 12.0. The van der Waals surface area contributed by atoms with Crippen molar-refractivity contribution < 1.29 is 5.21 Å². The summed E-state index contributed by atoms with van der Waals surface area (Å²) in [6.07, 6.45) is 2.67. The smallest absolute Gasteiger partial charge is 0.190 e. The highest BCUT2D eigenvalue weighted by Gasteiger charge is 2.27. The Labute approximate surface area is 121 Å². The first-order chi connectivity index (χ1) is 9.72. The van der Waals surface area contributed by atoms with Crippen molar-refractivity contribution in [1.82, 2.24) is 4.98 Å². The minimum Gasteiger partial charge on any atom is -0.409 e. The maximum absolute atomic E-state index is 8.91. The maximum Gasteiger partial charge on any atom is 0.190 e. The van der Waals surface area contributed by atoms with Gasteiger partial charge in [-0.1, -0.05) is 5.16 Å². The Morgan fingerprint density at radius 1 is 1.55 bits per heavy atom. The molecule has 0 aromatic carbocycles. The fourth-order valence-corrected chi connectivity index (χ4v) is 3.67. The zero-order valence-electron chi connectivity index (χ0n) is 11.2. The quantitative estimate of drug-likeness (QED) is 0.385. The molecule has 0 amide bonds. The highest BCUT2D eigenvalue weighted by Crippen LogP contribution is 2.36. The molecule has 1 unspecified atom stereocenters. The van der Waals surface area contributed by atoms with Gasteiger partial charge in [-0.05, 0) is 42.5 Å². The number of oxime groups is 1. The number of aromatic nitrogens is 1. The molecule has 1 aliphatic heterocycles. The fraction of sp³-hybridized carbons (Fsp3) is 0.286. The number of thiophene rings is 1. The molecule has 0 aliphatic carbocycles. The molecule has 0 bridgehead atoms. The monoisotopic (exact) mass is 288 g/mol. The Balaban J connectivity index is 2.03. The van der Waals surface area contributed by atoms with Crippen molar-refractivity contribution in [2.24, 2.45) is 10.9 Å². The molecule has 104 valence electrons. The molecule has 3 N–H and O–H groups in total. The minimum absolute atomic E-state index is 0.0453. The second-order valence-corrected chi connectivity index (χ2v) is 5.78. The highest BCUT2D eigenvalue weighted by molar-refractivity contribution is 7.10. The molecule has 2 aromatic heterocycles. The van der Waals surface area contributed by atoms with Gasteiger partial charge in [0, 0.05) is 17.6 Å². The van der Waals surface area contributed by atoms with Crippen LogP contribution in [0.3, 0.4) is 0 Å². The van der Waals surface area contributed by atoms with Crippen LogP contribution in [0.15, 0.2) is 34.9 Å². The standard InChI is InChI=1S/C14H16N4OS/c1-9-10-5-8-20-12(10)4-7-18(9)11-3-2-6-16-13(11)14(15)17-19/h2-3,5-6,8-9,19H,4,7H2,1H3,(H2,15,17). The van der Waals surface area contributed by atoms with E-state index in [1.54, 1.807) is 6.20 Å². The lowest BCUT2D eigenvalue weighted by Gasteiger charge is -2.36. The average Bonchev–Trinajstić information content (AvgIpc) is 2.96. The van der Waals surface area contributed by atoms with Gasteiger partial charge in [-0.15, -0.1) is 11.3 Å². The summed E-state index contributed by atoms with van der Waals surface area (Å²) < 4.78 is 0. The lowest BCUT2D eigenvalue weighted by Crippen LogP contribution is -2.35. The summed E-state index contributed by atoms with van der Waals surface area (Å²) in [6, 6.07) is 6.28. The van der Waals surface area contributed by atoms with Crippen molar-refractivity contribution in [2.75, 3.05) is 11.4 Å². The molecule has 2 aromatic rings. The van der Waals surface area contributed by atoms with Crippen molar-refractivity contribution in [3.8, 4) is 0 Å². The van der Waals surface area contributed by atoms with E-state index in [1.165, 1.54) is 10.4 Å². The first-order valence-corrected chi connectivity index (χ1v) is 7.36. The van der Waals surface area contributed by atoms with Gasteiger partial charge in [0.2, 0.25) is 0 Å². The third-order valence-corrected chi connectivity index (χ3v) is 4.72. The number of hydrogen-bond donors (Lipinski definition) is 2. The van der Waals surface area contributed by atoms with Crippen molar-refractivity contribution in [1.29, 1.82) is 0 Å². The second kappa shape index (κ2) is 5.13. The fourth-order valence-electron chi connectivity index (χ4n) is 2.71. The van der Waals surface area contributed by atoms with Gasteiger partial charge < -0.3 is 15.8 Å². The highest BCUT2D eigenvalue weighted by atomic mass is 32.1. The molecular formula is C14H16N4OS. The third-order valence-electron chi connectivity index (χ3n) is 3.72. The number of anilines is 1. The van der Waals surface area contributed by atoms with Crippen LogP contribution in [-0.4, -0.2) is 22.6 Å². The van der Waals surface area contributed by atoms with Crippen LogP contribution in [0, 0.1) is 0 Å². The number of amidine groups is 1. The first kappa shape index (κ1) is 12.9. The van der Waals surface area contributed by atoms with Gasteiger partial charge in [0.15, 0.2) is 5.84 Å². The van der Waals surface area contributed by atoms with Gasteiger partial charge in [0.1, 0.15) is 5.69 Å². The Bertz CT molecular complexity index is 652. The summed E-state index contributed by atoms with van der Waals surface area (Å²) in [6.45, 7) is 3.08. The van der Waals surface area contributed by atoms with E-state index in [9.17, 15) is 0 Å². The molecule has 0 saturated carbocycles. The van der Waals surface area contributed by atoms with E-state index < -0.39 is 0 Å². The molecule has 0 saturated heterocycles. The van der Waals surface area contributed by atoms with E-state index in [4.69, 9.17) is 10.9 Å². The van der Waals surface area contributed by atoms with E-state index in [2.05, 4.69) is 33.4 Å². The van der Waals surface area contributed by atoms with Gasteiger partial charge in [-0.3, -0.25) is 4.98 Å². The van der Waals surface area contributed by atoms with Crippen LogP contribution < -0.4 is 10.6 Å². The van der Waals surface area contributed by atoms with Crippen molar-refractivity contribution in [2.45, 2.75) is 19.4 Å². The average molecular weight is 288 g/mol. The summed E-state index contributed by atoms with van der Waals surface area (Å²) in [7, 11) is 0. The summed E-state index contributed by atoms with van der Waals surface area (Å²) in [5, 5.41) is 14.1. The molecule has 0 fully saturated rings. The number of rotatable bonds is 2. The number of hydrogen-bond acceptors (Lipinski definition) is 5. The lowest BCUT2D eigenvalue weighted by atomic mass is 10.0. The van der Waals surface area contributed by atoms with Crippen LogP contribution in [0.25, 0.3) is 0 Å². The van der Waals surface area contributed by atoms with Gasteiger partial charge >= 0.3 is 0 Å². The first-order valence-electron chi connectivity index (χ1n) is 6.48. The summed E-state index contributed by atoms with van der Waals surface area (Å²) in [5.41, 5.74) is 8.53. The molecule has 5 nitrogen and oxygen atoms in total. The molecular weight excluding hydrogens is 272 g/mol. The van der Waals surface area contributed by atoms with E-state index in [0.717, 1.165) is 18.7 Å².